The van der Waals surface area contributed by atoms with E-state index in [1.807, 2.05) is 29.2 Å². The van der Waals surface area contributed by atoms with Crippen LogP contribution in [0.2, 0.25) is 0 Å². The second-order valence-corrected chi connectivity index (χ2v) is 8.82. The van der Waals surface area contributed by atoms with Crippen molar-refractivity contribution in [2.24, 2.45) is 0 Å². The number of piperidine rings is 1. The molecule has 1 saturated heterocycles. The molecule has 2 atom stereocenters. The Balaban J connectivity index is 1.26. The Hall–Kier alpha value is -3.81. The average molecular weight is 459 g/mol. The number of nitrogens with zero attached hydrogens (tertiary/aromatic N) is 5. The molecule has 174 valence electrons. The minimum Gasteiger partial charge on any atom is -0.365 e. The van der Waals surface area contributed by atoms with Crippen molar-refractivity contribution in [3.8, 4) is 11.5 Å². The molecule has 0 radical (unpaired) electrons. The van der Waals surface area contributed by atoms with Gasteiger partial charge in [0.2, 0.25) is 5.91 Å². The monoisotopic (exact) mass is 458 g/mol. The third kappa shape index (κ3) is 4.76. The van der Waals surface area contributed by atoms with Gasteiger partial charge in [-0.15, -0.1) is 0 Å². The van der Waals surface area contributed by atoms with Crippen LogP contribution in [0.5, 0.6) is 0 Å². The SMILES string of the molecule is C[C@H](CC(=O)N1CCC[C@@H](Nc2ccnc(-c3cnc4ccc(F)cn34)n2)C1)c1ccccc1. The van der Waals surface area contributed by atoms with Crippen molar-refractivity contribution in [3.63, 3.8) is 0 Å². The van der Waals surface area contributed by atoms with Crippen molar-refractivity contribution in [2.45, 2.75) is 38.1 Å². The van der Waals surface area contributed by atoms with Crippen LogP contribution in [-0.4, -0.2) is 49.3 Å². The fourth-order valence-corrected chi connectivity index (χ4v) is 4.50. The van der Waals surface area contributed by atoms with E-state index in [4.69, 9.17) is 0 Å². The summed E-state index contributed by atoms with van der Waals surface area (Å²) in [7, 11) is 0. The molecule has 1 aliphatic rings. The number of fused-ring (bicyclic) bond motifs is 1. The maximum absolute atomic E-state index is 13.7. The largest absolute Gasteiger partial charge is 0.365 e. The van der Waals surface area contributed by atoms with E-state index in [0.717, 1.165) is 19.4 Å². The molecule has 3 aromatic heterocycles. The van der Waals surface area contributed by atoms with Crippen LogP contribution in [0.15, 0.2) is 67.1 Å². The van der Waals surface area contributed by atoms with Crippen LogP contribution in [0.1, 0.15) is 37.7 Å². The fourth-order valence-electron chi connectivity index (χ4n) is 4.50. The second kappa shape index (κ2) is 9.59. The number of pyridine rings is 1. The van der Waals surface area contributed by atoms with E-state index in [1.165, 1.54) is 17.8 Å². The van der Waals surface area contributed by atoms with E-state index in [0.29, 0.717) is 35.9 Å². The van der Waals surface area contributed by atoms with Crippen molar-refractivity contribution in [2.75, 3.05) is 18.4 Å². The van der Waals surface area contributed by atoms with Crippen LogP contribution in [0.25, 0.3) is 17.2 Å². The molecular formula is C26H27FN6O. The quantitative estimate of drug-likeness (QED) is 0.460. The van der Waals surface area contributed by atoms with Gasteiger partial charge in [0, 0.05) is 37.9 Å². The zero-order valence-corrected chi connectivity index (χ0v) is 19.1. The van der Waals surface area contributed by atoms with Gasteiger partial charge in [-0.05, 0) is 42.5 Å². The molecule has 1 aromatic carbocycles. The van der Waals surface area contributed by atoms with Gasteiger partial charge < -0.3 is 10.2 Å². The molecule has 4 heterocycles. The molecular weight excluding hydrogens is 431 g/mol. The summed E-state index contributed by atoms with van der Waals surface area (Å²) in [6.45, 7) is 3.52. The van der Waals surface area contributed by atoms with Crippen molar-refractivity contribution >= 4 is 17.4 Å². The number of carbonyl (C=O) groups is 1. The average Bonchev–Trinajstić information content (AvgIpc) is 3.28. The lowest BCUT2D eigenvalue weighted by Gasteiger charge is -2.34. The van der Waals surface area contributed by atoms with Gasteiger partial charge in [-0.1, -0.05) is 37.3 Å². The molecule has 0 aliphatic carbocycles. The van der Waals surface area contributed by atoms with Crippen LogP contribution in [0, 0.1) is 5.82 Å². The van der Waals surface area contributed by atoms with E-state index >= 15 is 0 Å². The number of imidazole rings is 1. The summed E-state index contributed by atoms with van der Waals surface area (Å²) in [6, 6.07) is 15.1. The molecule has 34 heavy (non-hydrogen) atoms. The molecule has 7 nitrogen and oxygen atoms in total. The number of aromatic nitrogens is 4. The van der Waals surface area contributed by atoms with Gasteiger partial charge in [0.1, 0.15) is 23.0 Å². The number of hydrogen-bond acceptors (Lipinski definition) is 5. The lowest BCUT2D eigenvalue weighted by Crippen LogP contribution is -2.45. The highest BCUT2D eigenvalue weighted by Crippen LogP contribution is 2.23. The molecule has 8 heteroatoms. The Kier molecular flexibility index (Phi) is 6.20. The molecule has 4 aromatic rings. The lowest BCUT2D eigenvalue weighted by molar-refractivity contribution is -0.132. The smallest absolute Gasteiger partial charge is 0.223 e. The molecule has 1 N–H and O–H groups in total. The summed E-state index contributed by atoms with van der Waals surface area (Å²) in [5.41, 5.74) is 2.43. The highest BCUT2D eigenvalue weighted by Gasteiger charge is 2.25. The van der Waals surface area contributed by atoms with Crippen LogP contribution >= 0.6 is 0 Å². The van der Waals surface area contributed by atoms with Crippen molar-refractivity contribution in [3.05, 3.63) is 78.5 Å². The maximum Gasteiger partial charge on any atom is 0.223 e. The van der Waals surface area contributed by atoms with Gasteiger partial charge in [0.25, 0.3) is 0 Å². The highest BCUT2D eigenvalue weighted by molar-refractivity contribution is 5.77. The molecule has 1 fully saturated rings. The topological polar surface area (TPSA) is 75.4 Å². The van der Waals surface area contributed by atoms with Crippen LogP contribution in [-0.2, 0) is 4.79 Å². The number of rotatable bonds is 6. The minimum absolute atomic E-state index is 0.104. The number of likely N-dealkylation sites (tertiary alicyclic amines) is 1. The number of benzene rings is 1. The molecule has 0 spiro atoms. The summed E-state index contributed by atoms with van der Waals surface area (Å²) in [5, 5.41) is 3.46. The van der Waals surface area contributed by atoms with E-state index in [2.05, 4.69) is 39.3 Å². The van der Waals surface area contributed by atoms with Crippen molar-refractivity contribution < 1.29 is 9.18 Å². The first-order valence-corrected chi connectivity index (χ1v) is 11.6. The normalized spacial score (nSPS) is 17.0. The summed E-state index contributed by atoms with van der Waals surface area (Å²) in [5.74, 6) is 1.15. The molecule has 1 aliphatic heterocycles. The molecule has 5 rings (SSSR count). The number of halogens is 1. The number of nitrogens with one attached hydrogen (secondary N) is 1. The Morgan fingerprint density at radius 2 is 2.03 bits per heavy atom. The first-order valence-electron chi connectivity index (χ1n) is 11.6. The maximum atomic E-state index is 13.7. The Labute approximate surface area is 197 Å². The van der Waals surface area contributed by atoms with Crippen LogP contribution in [0.3, 0.4) is 0 Å². The zero-order chi connectivity index (χ0) is 23.5. The summed E-state index contributed by atoms with van der Waals surface area (Å²) in [4.78, 5) is 28.2. The second-order valence-electron chi connectivity index (χ2n) is 8.82. The van der Waals surface area contributed by atoms with Gasteiger partial charge in [-0.3, -0.25) is 9.20 Å². The number of hydrogen-bond donors (Lipinski definition) is 1. The standard InChI is InChI=1S/C26H27FN6O/c1-18(19-6-3-2-4-7-19)14-25(34)32-13-5-8-21(17-32)30-23-11-12-28-26(31-23)22-15-29-24-10-9-20(27)16-33(22)24/h2-4,6-7,9-12,15-16,18,21H,5,8,13-14,17H2,1H3,(H,28,30,31)/t18-,21-/m1/s1. The first-order chi connectivity index (χ1) is 16.6. The fraction of sp³-hybridized carbons (Fsp3) is 0.308. The number of amides is 1. The lowest BCUT2D eigenvalue weighted by atomic mass is 9.96. The summed E-state index contributed by atoms with van der Waals surface area (Å²) < 4.78 is 15.4. The van der Waals surface area contributed by atoms with Crippen molar-refractivity contribution in [1.82, 2.24) is 24.3 Å². The number of anilines is 1. The third-order valence-corrected chi connectivity index (χ3v) is 6.33. The Morgan fingerprint density at radius 3 is 2.88 bits per heavy atom. The van der Waals surface area contributed by atoms with E-state index in [-0.39, 0.29) is 23.7 Å². The van der Waals surface area contributed by atoms with Crippen molar-refractivity contribution in [1.29, 1.82) is 0 Å². The van der Waals surface area contributed by atoms with Gasteiger partial charge >= 0.3 is 0 Å². The van der Waals surface area contributed by atoms with Gasteiger partial charge in [-0.2, -0.15) is 0 Å². The van der Waals surface area contributed by atoms with Crippen LogP contribution in [0.4, 0.5) is 10.2 Å². The van der Waals surface area contributed by atoms with Gasteiger partial charge in [0.05, 0.1) is 6.20 Å². The Bertz CT molecular complexity index is 1290. The molecule has 0 bridgehead atoms. The van der Waals surface area contributed by atoms with E-state index in [9.17, 15) is 9.18 Å². The molecule has 0 unspecified atom stereocenters. The predicted octanol–water partition coefficient (Wildman–Crippen LogP) is 4.53. The predicted molar refractivity (Wildman–Crippen MR) is 129 cm³/mol. The van der Waals surface area contributed by atoms with Gasteiger partial charge in [-0.25, -0.2) is 19.3 Å². The Morgan fingerprint density at radius 1 is 1.18 bits per heavy atom. The zero-order valence-electron chi connectivity index (χ0n) is 19.1. The van der Waals surface area contributed by atoms with Crippen LogP contribution < -0.4 is 5.32 Å². The first kappa shape index (κ1) is 22.0. The third-order valence-electron chi connectivity index (χ3n) is 6.33. The highest BCUT2D eigenvalue weighted by atomic mass is 19.1. The van der Waals surface area contributed by atoms with E-state index in [1.54, 1.807) is 22.9 Å². The summed E-state index contributed by atoms with van der Waals surface area (Å²) >= 11 is 0. The molecule has 1 amide bonds. The minimum atomic E-state index is -0.352. The van der Waals surface area contributed by atoms with Gasteiger partial charge in [0.15, 0.2) is 5.82 Å². The number of carbonyl (C=O) groups excluding carboxylic acids is 1. The molecule has 0 saturated carbocycles. The van der Waals surface area contributed by atoms with E-state index < -0.39 is 0 Å². The summed E-state index contributed by atoms with van der Waals surface area (Å²) in [6.07, 6.45) is 7.09.